The van der Waals surface area contributed by atoms with Gasteiger partial charge in [-0.15, -0.1) is 0 Å². The molecule has 0 heterocycles. The number of rotatable bonds is 7. The molecule has 0 unspecified atom stereocenters. The number of halogens is 3. The minimum absolute atomic E-state index is 0.00221. The predicted molar refractivity (Wildman–Crippen MR) is 93.1 cm³/mol. The van der Waals surface area contributed by atoms with Gasteiger partial charge in [-0.1, -0.05) is 24.3 Å². The Balaban J connectivity index is 2.08. The number of aromatic carboxylic acids is 1. The number of aliphatic hydroxyl groups is 1. The molecular formula is C19H16F3NO6. The third-order valence-electron chi connectivity index (χ3n) is 4.06. The Bertz CT molecular complexity index is 894. The third-order valence-corrected chi connectivity index (χ3v) is 4.06. The van der Waals surface area contributed by atoms with Crippen molar-refractivity contribution in [2.45, 2.75) is 24.7 Å². The van der Waals surface area contributed by atoms with Crippen LogP contribution in [0.4, 0.5) is 13.2 Å². The minimum atomic E-state index is -4.57. The van der Waals surface area contributed by atoms with Gasteiger partial charge in [0.15, 0.2) is 6.10 Å². The van der Waals surface area contributed by atoms with Crippen LogP contribution >= 0.6 is 0 Å². The molecule has 0 aliphatic heterocycles. The number of carboxylic acids is 2. The van der Waals surface area contributed by atoms with Crippen LogP contribution in [0.1, 0.15) is 33.2 Å². The lowest BCUT2D eigenvalue weighted by Gasteiger charge is -2.18. The van der Waals surface area contributed by atoms with E-state index in [0.29, 0.717) is 17.7 Å². The summed E-state index contributed by atoms with van der Waals surface area (Å²) in [5.41, 5.74) is -0.665. The summed E-state index contributed by atoms with van der Waals surface area (Å²) in [6.07, 6.45) is -6.63. The second kappa shape index (κ2) is 8.74. The molecule has 1 amide bonds. The van der Waals surface area contributed by atoms with Gasteiger partial charge in [-0.25, -0.2) is 9.59 Å². The summed E-state index contributed by atoms with van der Waals surface area (Å²) < 4.78 is 37.7. The maximum absolute atomic E-state index is 12.6. The number of nitrogens with one attached hydrogen (secondary N) is 1. The van der Waals surface area contributed by atoms with Crippen molar-refractivity contribution in [2.75, 3.05) is 0 Å². The first-order valence-corrected chi connectivity index (χ1v) is 8.19. The zero-order valence-corrected chi connectivity index (χ0v) is 14.7. The summed E-state index contributed by atoms with van der Waals surface area (Å²) in [4.78, 5) is 34.4. The van der Waals surface area contributed by atoms with Gasteiger partial charge < -0.3 is 20.6 Å². The van der Waals surface area contributed by atoms with Crippen LogP contribution in [-0.2, 0) is 22.2 Å². The second-order valence-corrected chi connectivity index (χ2v) is 6.13. The Hall–Kier alpha value is -3.40. The van der Waals surface area contributed by atoms with Crippen molar-refractivity contribution < 1.29 is 42.9 Å². The normalized spacial score (nSPS) is 13.4. The molecule has 10 heteroatoms. The molecule has 0 spiro atoms. The highest BCUT2D eigenvalue weighted by Crippen LogP contribution is 2.30. The van der Waals surface area contributed by atoms with Gasteiger partial charge in [-0.05, 0) is 35.4 Å². The van der Waals surface area contributed by atoms with Gasteiger partial charge in [0, 0.05) is 6.42 Å². The van der Waals surface area contributed by atoms with Crippen molar-refractivity contribution in [1.29, 1.82) is 0 Å². The molecule has 0 aliphatic rings. The topological polar surface area (TPSA) is 124 Å². The molecule has 0 aliphatic carbocycles. The molecule has 2 aromatic carbocycles. The Morgan fingerprint density at radius 3 is 1.93 bits per heavy atom. The number of carbonyl (C=O) groups excluding carboxylic acids is 1. The highest BCUT2D eigenvalue weighted by molar-refractivity contribution is 5.88. The van der Waals surface area contributed by atoms with Gasteiger partial charge in [0.2, 0.25) is 0 Å². The lowest BCUT2D eigenvalue weighted by molar-refractivity contribution is -0.143. The number of carbonyl (C=O) groups is 3. The van der Waals surface area contributed by atoms with E-state index in [4.69, 9.17) is 5.11 Å². The van der Waals surface area contributed by atoms with Crippen LogP contribution in [0.3, 0.4) is 0 Å². The summed E-state index contributed by atoms with van der Waals surface area (Å²) in [6.45, 7) is 0. The standard InChI is InChI=1S/C19H16F3NO6/c20-19(21,22)13-7-5-11(6-8-13)15(24)16(25)23-14(18(28)29)9-10-1-3-12(4-2-10)17(26)27/h1-8,14-15,24H,9H2,(H,23,25)(H,26,27)(H,28,29)/t14-,15-/m0/s1. The van der Waals surface area contributed by atoms with Gasteiger partial charge in [0.1, 0.15) is 6.04 Å². The lowest BCUT2D eigenvalue weighted by Crippen LogP contribution is -2.44. The fourth-order valence-corrected chi connectivity index (χ4v) is 2.48. The van der Waals surface area contributed by atoms with E-state index >= 15 is 0 Å². The van der Waals surface area contributed by atoms with E-state index in [9.17, 15) is 37.8 Å². The smallest absolute Gasteiger partial charge is 0.416 e. The molecular weight excluding hydrogens is 395 g/mol. The zero-order chi connectivity index (χ0) is 21.8. The van der Waals surface area contributed by atoms with Gasteiger partial charge in [-0.3, -0.25) is 4.79 Å². The molecule has 29 heavy (non-hydrogen) atoms. The molecule has 0 bridgehead atoms. The number of hydrogen-bond donors (Lipinski definition) is 4. The summed E-state index contributed by atoms with van der Waals surface area (Å²) in [7, 11) is 0. The van der Waals surface area contributed by atoms with Crippen molar-refractivity contribution in [3.05, 3.63) is 70.8 Å². The SMILES string of the molecule is O=C(O)c1ccc(C[C@H](NC(=O)[C@@H](O)c2ccc(C(F)(F)F)cc2)C(=O)O)cc1. The van der Waals surface area contributed by atoms with Gasteiger partial charge in [0.05, 0.1) is 11.1 Å². The number of amides is 1. The quantitative estimate of drug-likeness (QED) is 0.554. The third kappa shape index (κ3) is 5.79. The van der Waals surface area contributed by atoms with E-state index in [1.807, 2.05) is 0 Å². The Morgan fingerprint density at radius 2 is 1.48 bits per heavy atom. The molecule has 0 saturated carbocycles. The van der Waals surface area contributed by atoms with Crippen LogP contribution in [0.2, 0.25) is 0 Å². The van der Waals surface area contributed by atoms with E-state index in [0.717, 1.165) is 12.1 Å². The second-order valence-electron chi connectivity index (χ2n) is 6.13. The van der Waals surface area contributed by atoms with Crippen LogP contribution in [0.25, 0.3) is 0 Å². The molecule has 0 radical (unpaired) electrons. The van der Waals surface area contributed by atoms with Crippen LogP contribution in [-0.4, -0.2) is 39.2 Å². The number of carboxylic acid groups (broad SMARTS) is 2. The van der Waals surface area contributed by atoms with Gasteiger partial charge in [-0.2, -0.15) is 13.2 Å². The maximum Gasteiger partial charge on any atom is 0.416 e. The molecule has 2 aromatic rings. The van der Waals surface area contributed by atoms with E-state index in [1.54, 1.807) is 0 Å². The Kier molecular flexibility index (Phi) is 6.60. The van der Waals surface area contributed by atoms with Crippen LogP contribution in [0.5, 0.6) is 0 Å². The number of hydrogen-bond acceptors (Lipinski definition) is 4. The Labute approximate surface area is 162 Å². The highest BCUT2D eigenvalue weighted by atomic mass is 19.4. The van der Waals surface area contributed by atoms with Crippen LogP contribution < -0.4 is 5.32 Å². The zero-order valence-electron chi connectivity index (χ0n) is 14.7. The van der Waals surface area contributed by atoms with Crippen LogP contribution in [0.15, 0.2) is 48.5 Å². The molecule has 0 saturated heterocycles. The summed E-state index contributed by atoms with van der Waals surface area (Å²) in [5.74, 6) is -3.65. The lowest BCUT2D eigenvalue weighted by atomic mass is 10.0. The molecule has 0 aromatic heterocycles. The molecule has 0 fully saturated rings. The first-order valence-electron chi connectivity index (χ1n) is 8.19. The first kappa shape index (κ1) is 21.9. The summed E-state index contributed by atoms with van der Waals surface area (Å²) in [5, 5.41) is 30.3. The van der Waals surface area contributed by atoms with Gasteiger partial charge >= 0.3 is 18.1 Å². The fourth-order valence-electron chi connectivity index (χ4n) is 2.48. The average Bonchev–Trinajstić information content (AvgIpc) is 2.66. The monoisotopic (exact) mass is 411 g/mol. The Morgan fingerprint density at radius 1 is 0.931 bits per heavy atom. The molecule has 4 N–H and O–H groups in total. The van der Waals surface area contributed by atoms with E-state index in [1.165, 1.54) is 24.3 Å². The largest absolute Gasteiger partial charge is 0.480 e. The summed E-state index contributed by atoms with van der Waals surface area (Å²) >= 11 is 0. The van der Waals surface area contributed by atoms with E-state index in [-0.39, 0.29) is 17.5 Å². The van der Waals surface area contributed by atoms with E-state index < -0.39 is 41.7 Å². The molecule has 154 valence electrons. The maximum atomic E-state index is 12.6. The van der Waals surface area contributed by atoms with Crippen molar-refractivity contribution in [3.63, 3.8) is 0 Å². The number of aliphatic carboxylic acids is 1. The average molecular weight is 411 g/mol. The van der Waals surface area contributed by atoms with E-state index in [2.05, 4.69) is 5.32 Å². The first-order chi connectivity index (χ1) is 13.5. The minimum Gasteiger partial charge on any atom is -0.480 e. The van der Waals surface area contributed by atoms with Gasteiger partial charge in [0.25, 0.3) is 5.91 Å². The van der Waals surface area contributed by atoms with Crippen LogP contribution in [0, 0.1) is 0 Å². The fraction of sp³-hybridized carbons (Fsp3) is 0.211. The highest BCUT2D eigenvalue weighted by Gasteiger charge is 2.31. The number of alkyl halides is 3. The van der Waals surface area contributed by atoms with Crippen molar-refractivity contribution in [2.24, 2.45) is 0 Å². The summed E-state index contributed by atoms with van der Waals surface area (Å²) in [6, 6.07) is 7.12. The molecule has 7 nitrogen and oxygen atoms in total. The molecule has 2 rings (SSSR count). The predicted octanol–water partition coefficient (Wildman–Crippen LogP) is 2.25. The van der Waals surface area contributed by atoms with Crippen molar-refractivity contribution in [1.82, 2.24) is 5.32 Å². The number of benzene rings is 2. The van der Waals surface area contributed by atoms with Crippen molar-refractivity contribution in [3.8, 4) is 0 Å². The number of aliphatic hydroxyl groups excluding tert-OH is 1. The van der Waals surface area contributed by atoms with Crippen molar-refractivity contribution >= 4 is 17.8 Å². The molecule has 2 atom stereocenters.